The Balaban J connectivity index is 2.88. The first-order chi connectivity index (χ1) is 6.72. The third-order valence-electron chi connectivity index (χ3n) is 1.81. The van der Waals surface area contributed by atoms with E-state index in [1.807, 2.05) is 0 Å². The average Bonchev–Trinajstić information content (AvgIpc) is 2.16. The van der Waals surface area contributed by atoms with Gasteiger partial charge in [-0.15, -0.1) is 0 Å². The van der Waals surface area contributed by atoms with Crippen molar-refractivity contribution in [2.45, 2.75) is 0 Å². The van der Waals surface area contributed by atoms with E-state index < -0.39 is 5.82 Å². The van der Waals surface area contributed by atoms with E-state index in [0.717, 1.165) is 0 Å². The molecule has 0 aliphatic rings. The highest BCUT2D eigenvalue weighted by Crippen LogP contribution is 2.25. The van der Waals surface area contributed by atoms with Crippen molar-refractivity contribution in [3.05, 3.63) is 29.3 Å². The molecule has 0 N–H and O–H groups in total. The highest BCUT2D eigenvalue weighted by Gasteiger charge is 2.10. The van der Waals surface area contributed by atoms with Gasteiger partial charge in [-0.05, 0) is 23.7 Å². The molecule has 3 nitrogen and oxygen atoms in total. The summed E-state index contributed by atoms with van der Waals surface area (Å²) in [6.07, 6.45) is 0. The van der Waals surface area contributed by atoms with E-state index in [0.29, 0.717) is 5.52 Å². The Hall–Kier alpha value is -1.42. The molecular weight excluding hydrogens is 207 g/mol. The fourth-order valence-corrected chi connectivity index (χ4v) is 1.40. The summed E-state index contributed by atoms with van der Waals surface area (Å²) in [5.41, 5.74) is 0.432. The molecule has 1 aromatic carbocycles. The van der Waals surface area contributed by atoms with Gasteiger partial charge in [0.2, 0.25) is 11.2 Å². The Bertz CT molecular complexity index is 489. The van der Waals surface area contributed by atoms with Gasteiger partial charge in [0.1, 0.15) is 5.82 Å². The van der Waals surface area contributed by atoms with Crippen LogP contribution in [0.1, 0.15) is 0 Å². The maximum atomic E-state index is 13.4. The molecule has 2 aromatic rings. The molecule has 5 heteroatoms. The first-order valence-electron chi connectivity index (χ1n) is 3.88. The summed E-state index contributed by atoms with van der Waals surface area (Å²) in [6.45, 7) is 0. The van der Waals surface area contributed by atoms with Crippen molar-refractivity contribution < 1.29 is 9.13 Å². The predicted molar refractivity (Wildman–Crippen MR) is 51.1 cm³/mol. The molecule has 1 heterocycles. The quantitative estimate of drug-likeness (QED) is 0.681. The van der Waals surface area contributed by atoms with Crippen LogP contribution < -0.4 is 4.74 Å². The fraction of sp³-hybridized carbons (Fsp3) is 0.111. The molecule has 0 spiro atoms. The zero-order valence-electron chi connectivity index (χ0n) is 7.29. The van der Waals surface area contributed by atoms with E-state index in [2.05, 4.69) is 9.97 Å². The number of benzene rings is 1. The Labute approximate surface area is 84.5 Å². The van der Waals surface area contributed by atoms with Crippen LogP contribution in [0.3, 0.4) is 0 Å². The van der Waals surface area contributed by atoms with Crippen molar-refractivity contribution in [3.63, 3.8) is 0 Å². The standard InChI is InChI=1S/C9H6ClFN2O/c1-14-8-7-5(11)3-2-4-6(7)12-9(10)13-8/h2-4H,1H3. The second kappa shape index (κ2) is 3.38. The van der Waals surface area contributed by atoms with Gasteiger partial charge in [0.05, 0.1) is 18.0 Å². The van der Waals surface area contributed by atoms with Gasteiger partial charge in [0.15, 0.2) is 0 Å². The number of hydrogen-bond donors (Lipinski definition) is 0. The monoisotopic (exact) mass is 212 g/mol. The minimum Gasteiger partial charge on any atom is -0.480 e. The van der Waals surface area contributed by atoms with Gasteiger partial charge in [0.25, 0.3) is 0 Å². The van der Waals surface area contributed by atoms with Gasteiger partial charge < -0.3 is 4.74 Å². The van der Waals surface area contributed by atoms with E-state index in [9.17, 15) is 4.39 Å². The highest BCUT2D eigenvalue weighted by atomic mass is 35.5. The molecule has 0 bridgehead atoms. The lowest BCUT2D eigenvalue weighted by atomic mass is 10.2. The van der Waals surface area contributed by atoms with E-state index >= 15 is 0 Å². The van der Waals surface area contributed by atoms with Gasteiger partial charge >= 0.3 is 0 Å². The van der Waals surface area contributed by atoms with Crippen molar-refractivity contribution in [2.75, 3.05) is 7.11 Å². The first kappa shape index (κ1) is 9.15. The number of ether oxygens (including phenoxy) is 1. The van der Waals surface area contributed by atoms with Crippen molar-refractivity contribution in [2.24, 2.45) is 0 Å². The molecule has 0 atom stereocenters. The second-order valence-corrected chi connectivity index (χ2v) is 2.97. The van der Waals surface area contributed by atoms with Gasteiger partial charge in [-0.1, -0.05) is 6.07 Å². The molecule has 0 amide bonds. The lowest BCUT2D eigenvalue weighted by Crippen LogP contribution is -1.94. The maximum Gasteiger partial charge on any atom is 0.228 e. The van der Waals surface area contributed by atoms with Gasteiger partial charge in [-0.2, -0.15) is 4.98 Å². The smallest absolute Gasteiger partial charge is 0.228 e. The van der Waals surface area contributed by atoms with Crippen molar-refractivity contribution in [3.8, 4) is 5.88 Å². The lowest BCUT2D eigenvalue weighted by Gasteiger charge is -2.04. The lowest BCUT2D eigenvalue weighted by molar-refractivity contribution is 0.401. The van der Waals surface area contributed by atoms with Crippen LogP contribution in [0.5, 0.6) is 5.88 Å². The van der Waals surface area contributed by atoms with Crippen LogP contribution in [0.4, 0.5) is 4.39 Å². The third kappa shape index (κ3) is 1.37. The minimum atomic E-state index is -0.420. The van der Waals surface area contributed by atoms with Crippen LogP contribution >= 0.6 is 11.6 Å². The first-order valence-corrected chi connectivity index (χ1v) is 4.26. The largest absolute Gasteiger partial charge is 0.480 e. The molecule has 0 aliphatic carbocycles. The van der Waals surface area contributed by atoms with Gasteiger partial charge in [-0.3, -0.25) is 0 Å². The highest BCUT2D eigenvalue weighted by molar-refractivity contribution is 6.28. The van der Waals surface area contributed by atoms with Crippen LogP contribution in [-0.2, 0) is 0 Å². The molecule has 0 aliphatic heterocycles. The van der Waals surface area contributed by atoms with Crippen LogP contribution in [-0.4, -0.2) is 17.1 Å². The van der Waals surface area contributed by atoms with E-state index in [1.165, 1.54) is 13.2 Å². The van der Waals surface area contributed by atoms with Crippen molar-refractivity contribution in [1.82, 2.24) is 9.97 Å². The molecule has 72 valence electrons. The molecule has 1 aromatic heterocycles. The maximum absolute atomic E-state index is 13.4. The SMILES string of the molecule is COc1nc(Cl)nc2cccc(F)c12. The van der Waals surface area contributed by atoms with E-state index in [-0.39, 0.29) is 16.5 Å². The van der Waals surface area contributed by atoms with E-state index in [1.54, 1.807) is 12.1 Å². The molecule has 0 unspecified atom stereocenters. The zero-order valence-corrected chi connectivity index (χ0v) is 8.05. The molecule has 0 fully saturated rings. The van der Waals surface area contributed by atoms with Crippen molar-refractivity contribution >= 4 is 22.5 Å². The van der Waals surface area contributed by atoms with Crippen LogP contribution in [0, 0.1) is 5.82 Å². The summed E-state index contributed by atoms with van der Waals surface area (Å²) in [6, 6.07) is 4.52. The molecule has 14 heavy (non-hydrogen) atoms. The summed E-state index contributed by atoms with van der Waals surface area (Å²) in [5.74, 6) is -0.269. The second-order valence-electron chi connectivity index (χ2n) is 2.64. The third-order valence-corrected chi connectivity index (χ3v) is 1.97. The number of hydrogen-bond acceptors (Lipinski definition) is 3. The topological polar surface area (TPSA) is 35.0 Å². The number of fused-ring (bicyclic) bond motifs is 1. The molecular formula is C9H6ClFN2O. The number of methoxy groups -OCH3 is 1. The average molecular weight is 213 g/mol. The zero-order chi connectivity index (χ0) is 10.1. The van der Waals surface area contributed by atoms with Gasteiger partial charge in [-0.25, -0.2) is 9.37 Å². The minimum absolute atomic E-state index is 0.0416. The normalized spacial score (nSPS) is 10.5. The Morgan fingerprint density at radius 1 is 1.36 bits per heavy atom. The number of nitrogens with zero attached hydrogens (tertiary/aromatic N) is 2. The summed E-state index contributed by atoms with van der Waals surface area (Å²) in [7, 11) is 1.41. The summed E-state index contributed by atoms with van der Waals surface area (Å²) in [4.78, 5) is 7.65. The van der Waals surface area contributed by atoms with Gasteiger partial charge in [0, 0.05) is 0 Å². The fourth-order valence-electron chi connectivity index (χ4n) is 1.23. The molecule has 0 saturated heterocycles. The molecule has 0 saturated carbocycles. The van der Waals surface area contributed by atoms with Crippen LogP contribution in [0.15, 0.2) is 18.2 Å². The van der Waals surface area contributed by atoms with Crippen LogP contribution in [0.25, 0.3) is 10.9 Å². The van der Waals surface area contributed by atoms with E-state index in [4.69, 9.17) is 16.3 Å². The van der Waals surface area contributed by atoms with Crippen LogP contribution in [0.2, 0.25) is 5.28 Å². The number of aromatic nitrogens is 2. The summed E-state index contributed by atoms with van der Waals surface area (Å²) >= 11 is 5.63. The van der Waals surface area contributed by atoms with Crippen molar-refractivity contribution in [1.29, 1.82) is 0 Å². The Kier molecular flexibility index (Phi) is 2.21. The Morgan fingerprint density at radius 2 is 2.14 bits per heavy atom. The summed E-state index contributed by atoms with van der Waals surface area (Å²) < 4.78 is 18.3. The number of rotatable bonds is 1. The summed E-state index contributed by atoms with van der Waals surface area (Å²) in [5, 5.41) is 0.291. The molecule has 0 radical (unpaired) electrons. The number of halogens is 2. The molecule has 2 rings (SSSR count). The predicted octanol–water partition coefficient (Wildman–Crippen LogP) is 2.43. The Morgan fingerprint density at radius 3 is 2.86 bits per heavy atom.